The Morgan fingerprint density at radius 1 is 1.25 bits per heavy atom. The summed E-state index contributed by atoms with van der Waals surface area (Å²) in [5, 5.41) is 9.22. The molecule has 0 saturated carbocycles. The quantitative estimate of drug-likeness (QED) is 0.932. The van der Waals surface area contributed by atoms with Crippen LogP contribution in [0.1, 0.15) is 23.0 Å². The predicted octanol–water partition coefficient (Wildman–Crippen LogP) is 2.33. The minimum Gasteiger partial charge on any atom is -0.451 e. The third kappa shape index (κ3) is 2.34. The van der Waals surface area contributed by atoms with Crippen LogP contribution in [0.15, 0.2) is 40.8 Å². The highest BCUT2D eigenvalue weighted by molar-refractivity contribution is 5.92. The fourth-order valence-corrected chi connectivity index (χ4v) is 2.29. The number of hydrogen-bond donors (Lipinski definition) is 1. The molecular weight excluding hydrogens is 254 g/mol. The van der Waals surface area contributed by atoms with Gasteiger partial charge in [0.05, 0.1) is 6.10 Å². The summed E-state index contributed by atoms with van der Waals surface area (Å²) in [5.41, 5.74) is 2.23. The van der Waals surface area contributed by atoms with E-state index in [-0.39, 0.29) is 5.91 Å². The summed E-state index contributed by atoms with van der Waals surface area (Å²) in [5.74, 6) is 0.857. The molecule has 1 aromatic carbocycles. The van der Waals surface area contributed by atoms with Gasteiger partial charge in [-0.3, -0.25) is 4.79 Å². The first-order valence-electron chi connectivity index (χ1n) is 6.84. The van der Waals surface area contributed by atoms with E-state index < -0.39 is 6.10 Å². The van der Waals surface area contributed by atoms with Crippen molar-refractivity contribution in [3.63, 3.8) is 0 Å². The number of benzene rings is 1. The van der Waals surface area contributed by atoms with Gasteiger partial charge in [-0.15, -0.1) is 0 Å². The lowest BCUT2D eigenvalue weighted by Gasteiger charge is -2.35. The molecule has 104 valence electrons. The van der Waals surface area contributed by atoms with Crippen molar-refractivity contribution in [3.05, 3.63) is 47.7 Å². The van der Waals surface area contributed by atoms with Crippen molar-refractivity contribution in [3.8, 4) is 11.3 Å². The molecule has 0 unspecified atom stereocenters. The van der Waals surface area contributed by atoms with Crippen LogP contribution < -0.4 is 0 Å². The molecule has 3 rings (SSSR count). The van der Waals surface area contributed by atoms with E-state index in [2.05, 4.69) is 19.1 Å². The molecule has 0 atom stereocenters. The van der Waals surface area contributed by atoms with Crippen LogP contribution in [0.25, 0.3) is 11.3 Å². The molecule has 2 aromatic rings. The molecule has 1 N–H and O–H groups in total. The van der Waals surface area contributed by atoms with Gasteiger partial charge in [0, 0.05) is 18.7 Å². The van der Waals surface area contributed by atoms with E-state index in [1.165, 1.54) is 5.56 Å². The highest BCUT2D eigenvalue weighted by atomic mass is 16.4. The summed E-state index contributed by atoms with van der Waals surface area (Å²) in [6.45, 7) is 2.89. The summed E-state index contributed by atoms with van der Waals surface area (Å²) in [6, 6.07) is 11.6. The van der Waals surface area contributed by atoms with Gasteiger partial charge in [0.15, 0.2) is 5.76 Å². The molecule has 1 aromatic heterocycles. The predicted molar refractivity (Wildman–Crippen MR) is 75.4 cm³/mol. The van der Waals surface area contributed by atoms with E-state index in [9.17, 15) is 9.90 Å². The lowest BCUT2D eigenvalue weighted by molar-refractivity contribution is 0.00398. The first-order chi connectivity index (χ1) is 9.67. The molecular formula is C16H17NO3. The van der Waals surface area contributed by atoms with Crippen molar-refractivity contribution in [2.24, 2.45) is 0 Å². The van der Waals surface area contributed by atoms with Gasteiger partial charge in [-0.2, -0.15) is 0 Å². The average molecular weight is 271 g/mol. The summed E-state index contributed by atoms with van der Waals surface area (Å²) in [6.07, 6.45) is 0.606. The van der Waals surface area contributed by atoms with Gasteiger partial charge in [-0.1, -0.05) is 31.2 Å². The molecule has 1 fully saturated rings. The number of carbonyl (C=O) groups excluding carboxylic acids is 1. The molecule has 0 spiro atoms. The van der Waals surface area contributed by atoms with E-state index in [0.29, 0.717) is 24.6 Å². The molecule has 4 nitrogen and oxygen atoms in total. The van der Waals surface area contributed by atoms with E-state index in [1.807, 2.05) is 18.2 Å². The first kappa shape index (κ1) is 12.9. The number of furan rings is 1. The fourth-order valence-electron chi connectivity index (χ4n) is 2.29. The van der Waals surface area contributed by atoms with Crippen molar-refractivity contribution >= 4 is 5.91 Å². The van der Waals surface area contributed by atoms with Crippen molar-refractivity contribution in [2.75, 3.05) is 13.1 Å². The molecule has 4 heteroatoms. The number of carbonyl (C=O) groups is 1. The van der Waals surface area contributed by atoms with Crippen LogP contribution in [0.5, 0.6) is 0 Å². The second-order valence-corrected chi connectivity index (χ2v) is 5.08. The second kappa shape index (κ2) is 5.13. The summed E-state index contributed by atoms with van der Waals surface area (Å²) in [4.78, 5) is 13.6. The van der Waals surface area contributed by atoms with Crippen LogP contribution in [0.4, 0.5) is 0 Å². The Hall–Kier alpha value is -2.07. The fraction of sp³-hybridized carbons (Fsp3) is 0.312. The van der Waals surface area contributed by atoms with Gasteiger partial charge >= 0.3 is 0 Å². The average Bonchev–Trinajstić information content (AvgIpc) is 2.93. The Bertz CT molecular complexity index is 609. The minimum atomic E-state index is -0.394. The third-order valence-electron chi connectivity index (χ3n) is 3.61. The van der Waals surface area contributed by atoms with Gasteiger partial charge in [0.1, 0.15) is 5.76 Å². The van der Waals surface area contributed by atoms with Crippen molar-refractivity contribution in [1.82, 2.24) is 4.90 Å². The second-order valence-electron chi connectivity index (χ2n) is 5.08. The summed E-state index contributed by atoms with van der Waals surface area (Å²) >= 11 is 0. The number of aryl methyl sites for hydroxylation is 1. The maximum atomic E-state index is 12.0. The number of aliphatic hydroxyl groups excluding tert-OH is 1. The Morgan fingerprint density at radius 2 is 1.95 bits per heavy atom. The van der Waals surface area contributed by atoms with E-state index in [4.69, 9.17) is 4.42 Å². The SMILES string of the molecule is CCc1ccc(-c2ccc(C(=O)N3CC(O)C3)o2)cc1. The van der Waals surface area contributed by atoms with Gasteiger partial charge in [0.25, 0.3) is 5.91 Å². The lowest BCUT2D eigenvalue weighted by atomic mass is 10.1. The number of nitrogens with zero attached hydrogens (tertiary/aromatic N) is 1. The zero-order valence-electron chi connectivity index (χ0n) is 11.4. The van der Waals surface area contributed by atoms with Gasteiger partial charge in [-0.25, -0.2) is 0 Å². The molecule has 0 radical (unpaired) electrons. The zero-order chi connectivity index (χ0) is 14.1. The molecule has 2 heterocycles. The molecule has 1 saturated heterocycles. The summed E-state index contributed by atoms with van der Waals surface area (Å²) in [7, 11) is 0. The summed E-state index contributed by atoms with van der Waals surface area (Å²) < 4.78 is 5.62. The zero-order valence-corrected chi connectivity index (χ0v) is 11.4. The Kier molecular flexibility index (Phi) is 3.32. The van der Waals surface area contributed by atoms with Gasteiger partial charge < -0.3 is 14.4 Å². The van der Waals surface area contributed by atoms with Crippen LogP contribution in [-0.4, -0.2) is 35.1 Å². The number of rotatable bonds is 3. The van der Waals surface area contributed by atoms with E-state index in [1.54, 1.807) is 11.0 Å². The highest BCUT2D eigenvalue weighted by Crippen LogP contribution is 2.24. The number of likely N-dealkylation sites (tertiary alicyclic amines) is 1. The smallest absolute Gasteiger partial charge is 0.289 e. The van der Waals surface area contributed by atoms with Gasteiger partial charge in [-0.05, 0) is 24.1 Å². The standard InChI is InChI=1S/C16H17NO3/c1-2-11-3-5-12(6-4-11)14-7-8-15(20-14)16(19)17-9-13(18)10-17/h3-8,13,18H,2,9-10H2,1H3. The Balaban J connectivity index is 1.77. The molecule has 0 bridgehead atoms. The third-order valence-corrected chi connectivity index (χ3v) is 3.61. The van der Waals surface area contributed by atoms with Crippen LogP contribution >= 0.6 is 0 Å². The molecule has 1 aliphatic heterocycles. The number of amides is 1. The first-order valence-corrected chi connectivity index (χ1v) is 6.84. The van der Waals surface area contributed by atoms with Crippen LogP contribution in [0, 0.1) is 0 Å². The number of β-amino-alcohol motifs (C(OH)–C–C–N with tert-alkyl or cyclic N) is 1. The maximum Gasteiger partial charge on any atom is 0.289 e. The Morgan fingerprint density at radius 3 is 2.55 bits per heavy atom. The van der Waals surface area contributed by atoms with E-state index >= 15 is 0 Å². The normalized spacial score (nSPS) is 15.2. The maximum absolute atomic E-state index is 12.0. The van der Waals surface area contributed by atoms with Gasteiger partial charge in [0.2, 0.25) is 0 Å². The van der Waals surface area contributed by atoms with Crippen LogP contribution in [-0.2, 0) is 6.42 Å². The topological polar surface area (TPSA) is 53.7 Å². The number of aliphatic hydroxyl groups is 1. The van der Waals surface area contributed by atoms with Crippen molar-refractivity contribution in [1.29, 1.82) is 0 Å². The van der Waals surface area contributed by atoms with Crippen LogP contribution in [0.2, 0.25) is 0 Å². The molecule has 0 aliphatic carbocycles. The highest BCUT2D eigenvalue weighted by Gasteiger charge is 2.31. The molecule has 1 amide bonds. The van der Waals surface area contributed by atoms with Crippen LogP contribution in [0.3, 0.4) is 0 Å². The van der Waals surface area contributed by atoms with Crippen molar-refractivity contribution in [2.45, 2.75) is 19.4 Å². The van der Waals surface area contributed by atoms with Crippen molar-refractivity contribution < 1.29 is 14.3 Å². The van der Waals surface area contributed by atoms with E-state index in [0.717, 1.165) is 12.0 Å². The Labute approximate surface area is 117 Å². The lowest BCUT2D eigenvalue weighted by Crippen LogP contribution is -2.53. The largest absolute Gasteiger partial charge is 0.451 e. The minimum absolute atomic E-state index is 0.160. The molecule has 1 aliphatic rings. The molecule has 20 heavy (non-hydrogen) atoms. The monoisotopic (exact) mass is 271 g/mol. The number of hydrogen-bond acceptors (Lipinski definition) is 3.